The van der Waals surface area contributed by atoms with Gasteiger partial charge in [0.15, 0.2) is 0 Å². The molecule has 2 rings (SSSR count). The van der Waals surface area contributed by atoms with Crippen LogP contribution < -0.4 is 0 Å². The number of benzene rings is 1. The smallest absolute Gasteiger partial charge is 0.115 e. The molecule has 1 N–H and O–H groups in total. The zero-order chi connectivity index (χ0) is 14.7. The van der Waals surface area contributed by atoms with Crippen LogP contribution in [0.2, 0.25) is 0 Å². The molecule has 0 aliphatic heterocycles. The van der Waals surface area contributed by atoms with Crippen LogP contribution in [0.25, 0.3) is 0 Å². The Labute approximate surface area is 123 Å². The lowest BCUT2D eigenvalue weighted by Crippen LogP contribution is -2.36. The van der Waals surface area contributed by atoms with Crippen LogP contribution in [0.5, 0.6) is 5.75 Å². The first kappa shape index (κ1) is 15.4. The number of phenolic OH excluding ortho intramolecular Hbond substituents is 1. The number of hydrogen-bond donors (Lipinski definition) is 1. The predicted molar refractivity (Wildman–Crippen MR) is 85.0 cm³/mol. The highest BCUT2D eigenvalue weighted by molar-refractivity contribution is 5.38. The molecule has 112 valence electrons. The van der Waals surface area contributed by atoms with Crippen molar-refractivity contribution in [2.45, 2.75) is 53.0 Å². The summed E-state index contributed by atoms with van der Waals surface area (Å²) >= 11 is 0. The van der Waals surface area contributed by atoms with Gasteiger partial charge in [-0.2, -0.15) is 0 Å². The van der Waals surface area contributed by atoms with Crippen molar-refractivity contribution < 1.29 is 5.11 Å². The molecule has 0 saturated carbocycles. The average Bonchev–Trinajstić information content (AvgIpc) is 2.36. The van der Waals surface area contributed by atoms with E-state index < -0.39 is 0 Å². The van der Waals surface area contributed by atoms with Crippen molar-refractivity contribution in [3.05, 3.63) is 29.3 Å². The fourth-order valence-electron chi connectivity index (χ4n) is 3.41. The molecule has 1 atom stereocenters. The molecule has 1 aromatic rings. The maximum absolute atomic E-state index is 9.83. The lowest BCUT2D eigenvalue weighted by Gasteiger charge is -2.38. The zero-order valence-electron chi connectivity index (χ0n) is 13.4. The van der Waals surface area contributed by atoms with Crippen molar-refractivity contribution in [3.63, 3.8) is 0 Å². The molecule has 0 bridgehead atoms. The SMILES string of the molecule is CC(C)CN(CC(C)C)C1CCCc2ccc(O)cc21. The molecule has 1 aliphatic carbocycles. The number of nitrogens with zero attached hydrogens (tertiary/aromatic N) is 1. The first-order chi connectivity index (χ1) is 9.47. The molecule has 0 spiro atoms. The van der Waals surface area contributed by atoms with Crippen LogP contribution in [0.15, 0.2) is 18.2 Å². The Balaban J connectivity index is 2.27. The van der Waals surface area contributed by atoms with Crippen molar-refractivity contribution in [1.29, 1.82) is 0 Å². The van der Waals surface area contributed by atoms with E-state index in [0.29, 0.717) is 23.6 Å². The van der Waals surface area contributed by atoms with Gasteiger partial charge in [-0.3, -0.25) is 4.90 Å². The summed E-state index contributed by atoms with van der Waals surface area (Å²) in [7, 11) is 0. The average molecular weight is 275 g/mol. The van der Waals surface area contributed by atoms with Gasteiger partial charge >= 0.3 is 0 Å². The molecule has 0 heterocycles. The first-order valence-corrected chi connectivity index (χ1v) is 8.03. The highest BCUT2D eigenvalue weighted by atomic mass is 16.3. The third-order valence-corrected chi connectivity index (χ3v) is 4.05. The lowest BCUT2D eigenvalue weighted by molar-refractivity contribution is 0.141. The third kappa shape index (κ3) is 3.76. The fourth-order valence-corrected chi connectivity index (χ4v) is 3.41. The zero-order valence-corrected chi connectivity index (χ0v) is 13.4. The molecular formula is C18H29NO. The van der Waals surface area contributed by atoms with Crippen LogP contribution in [-0.2, 0) is 6.42 Å². The topological polar surface area (TPSA) is 23.5 Å². The highest BCUT2D eigenvalue weighted by Gasteiger charge is 2.27. The van der Waals surface area contributed by atoms with E-state index in [4.69, 9.17) is 0 Å². The number of hydrogen-bond acceptors (Lipinski definition) is 2. The van der Waals surface area contributed by atoms with Gasteiger partial charge in [-0.15, -0.1) is 0 Å². The largest absolute Gasteiger partial charge is 0.508 e. The lowest BCUT2D eigenvalue weighted by atomic mass is 9.86. The van der Waals surface area contributed by atoms with Gasteiger partial charge in [-0.25, -0.2) is 0 Å². The van der Waals surface area contributed by atoms with E-state index in [9.17, 15) is 5.11 Å². The molecule has 2 nitrogen and oxygen atoms in total. The van der Waals surface area contributed by atoms with E-state index in [-0.39, 0.29) is 0 Å². The summed E-state index contributed by atoms with van der Waals surface area (Å²) in [6.45, 7) is 11.4. The second-order valence-corrected chi connectivity index (χ2v) is 7.03. The molecule has 0 saturated heterocycles. The van der Waals surface area contributed by atoms with Gasteiger partial charge in [0.05, 0.1) is 0 Å². The quantitative estimate of drug-likeness (QED) is 0.862. The Morgan fingerprint density at radius 3 is 2.40 bits per heavy atom. The molecule has 0 radical (unpaired) electrons. The van der Waals surface area contributed by atoms with Crippen LogP contribution in [0, 0.1) is 11.8 Å². The van der Waals surface area contributed by atoms with E-state index in [1.165, 1.54) is 24.0 Å². The first-order valence-electron chi connectivity index (χ1n) is 8.03. The van der Waals surface area contributed by atoms with Crippen molar-refractivity contribution in [2.24, 2.45) is 11.8 Å². The normalized spacial score (nSPS) is 18.9. The van der Waals surface area contributed by atoms with Crippen LogP contribution in [0.4, 0.5) is 0 Å². The third-order valence-electron chi connectivity index (χ3n) is 4.05. The predicted octanol–water partition coefficient (Wildman–Crippen LogP) is 4.38. The van der Waals surface area contributed by atoms with Crippen molar-refractivity contribution in [3.8, 4) is 5.75 Å². The van der Waals surface area contributed by atoms with E-state index in [2.05, 4.69) is 38.7 Å². The second kappa shape index (κ2) is 6.62. The molecule has 1 unspecified atom stereocenters. The van der Waals surface area contributed by atoms with E-state index >= 15 is 0 Å². The number of aryl methyl sites for hydroxylation is 1. The van der Waals surface area contributed by atoms with E-state index in [0.717, 1.165) is 19.5 Å². The monoisotopic (exact) mass is 275 g/mol. The van der Waals surface area contributed by atoms with Crippen LogP contribution in [0.3, 0.4) is 0 Å². The maximum atomic E-state index is 9.83. The molecule has 1 aromatic carbocycles. The van der Waals surface area contributed by atoms with E-state index in [1.807, 2.05) is 12.1 Å². The van der Waals surface area contributed by atoms with Crippen molar-refractivity contribution in [2.75, 3.05) is 13.1 Å². The van der Waals surface area contributed by atoms with Crippen LogP contribution in [-0.4, -0.2) is 23.1 Å². The Bertz CT molecular complexity index is 429. The summed E-state index contributed by atoms with van der Waals surface area (Å²) in [6.07, 6.45) is 3.63. The molecular weight excluding hydrogens is 246 g/mol. The second-order valence-electron chi connectivity index (χ2n) is 7.03. The van der Waals surface area contributed by atoms with Crippen molar-refractivity contribution >= 4 is 0 Å². The molecule has 0 aromatic heterocycles. The Hall–Kier alpha value is -1.02. The number of rotatable bonds is 5. The summed E-state index contributed by atoms with van der Waals surface area (Å²) in [5, 5.41) is 9.83. The number of fused-ring (bicyclic) bond motifs is 1. The minimum Gasteiger partial charge on any atom is -0.508 e. The van der Waals surface area contributed by atoms with E-state index in [1.54, 1.807) is 0 Å². The van der Waals surface area contributed by atoms with Gasteiger partial charge < -0.3 is 5.11 Å². The molecule has 20 heavy (non-hydrogen) atoms. The Morgan fingerprint density at radius 2 is 1.80 bits per heavy atom. The molecule has 2 heteroatoms. The minimum atomic E-state index is 0.407. The van der Waals surface area contributed by atoms with Gasteiger partial charge in [-0.05, 0) is 54.4 Å². The van der Waals surface area contributed by atoms with Crippen LogP contribution >= 0.6 is 0 Å². The van der Waals surface area contributed by atoms with Crippen LogP contribution in [0.1, 0.15) is 57.7 Å². The Morgan fingerprint density at radius 1 is 1.15 bits per heavy atom. The summed E-state index contributed by atoms with van der Waals surface area (Å²) in [5.74, 6) is 1.76. The molecule has 0 fully saturated rings. The van der Waals surface area contributed by atoms with Gasteiger partial charge in [0.2, 0.25) is 0 Å². The Kier molecular flexibility index (Phi) is 5.09. The van der Waals surface area contributed by atoms with Gasteiger partial charge in [-0.1, -0.05) is 33.8 Å². The fraction of sp³-hybridized carbons (Fsp3) is 0.667. The minimum absolute atomic E-state index is 0.407. The molecule has 0 amide bonds. The number of aromatic hydroxyl groups is 1. The van der Waals surface area contributed by atoms with Gasteiger partial charge in [0.25, 0.3) is 0 Å². The maximum Gasteiger partial charge on any atom is 0.115 e. The highest BCUT2D eigenvalue weighted by Crippen LogP contribution is 2.36. The summed E-state index contributed by atoms with van der Waals surface area (Å²) in [6, 6.07) is 6.42. The number of phenols is 1. The molecule has 1 aliphatic rings. The summed E-state index contributed by atoms with van der Waals surface area (Å²) < 4.78 is 0. The summed E-state index contributed by atoms with van der Waals surface area (Å²) in [5.41, 5.74) is 2.79. The van der Waals surface area contributed by atoms with Gasteiger partial charge in [0, 0.05) is 19.1 Å². The van der Waals surface area contributed by atoms with Crippen molar-refractivity contribution in [1.82, 2.24) is 4.90 Å². The summed E-state index contributed by atoms with van der Waals surface area (Å²) in [4.78, 5) is 2.63. The van der Waals surface area contributed by atoms with Gasteiger partial charge in [0.1, 0.15) is 5.75 Å². The standard InChI is InChI=1S/C18H29NO/c1-13(2)11-19(12-14(3)4)18-7-5-6-15-8-9-16(20)10-17(15)18/h8-10,13-14,18,20H,5-7,11-12H2,1-4H3.